The predicted molar refractivity (Wildman–Crippen MR) is 329 cm³/mol. The molecule has 4 heterocycles. The van der Waals surface area contributed by atoms with Gasteiger partial charge in [-0.3, -0.25) is 0 Å². The molecule has 11 rings (SSSR count). The van der Waals surface area contributed by atoms with E-state index in [1.165, 1.54) is 77.6 Å². The molecule has 0 spiro atoms. The van der Waals surface area contributed by atoms with Crippen LogP contribution in [0, 0.1) is 11.3 Å². The second kappa shape index (κ2) is 24.2. The van der Waals surface area contributed by atoms with Crippen LogP contribution in [0.5, 0.6) is 11.5 Å². The van der Waals surface area contributed by atoms with Gasteiger partial charge in [0.25, 0.3) is 0 Å². The number of hydrogen-bond acceptors (Lipinski definition) is 9. The number of nitriles is 1. The lowest BCUT2D eigenvalue weighted by molar-refractivity contribution is -0.132. The van der Waals surface area contributed by atoms with E-state index in [2.05, 4.69) is 200 Å². The van der Waals surface area contributed by atoms with Crippen molar-refractivity contribution in [1.29, 1.82) is 5.26 Å². The molecule has 0 amide bonds. The van der Waals surface area contributed by atoms with Crippen molar-refractivity contribution < 1.29 is 19.4 Å². The summed E-state index contributed by atoms with van der Waals surface area (Å²) in [5, 5.41) is 24.3. The third kappa shape index (κ3) is 11.2. The molecule has 390 valence electrons. The number of carboxylic acid groups (broad SMARTS) is 1. The maximum absolute atomic E-state index is 12.1. The van der Waals surface area contributed by atoms with Crippen molar-refractivity contribution in [2.45, 2.75) is 78.1 Å². The number of carboxylic acids is 1. The van der Waals surface area contributed by atoms with Crippen molar-refractivity contribution in [2.75, 3.05) is 23.0 Å². The number of carbonyl (C=O) groups is 1. The lowest BCUT2D eigenvalue weighted by atomic mass is 10.00. The number of para-hydroxylation sites is 2. The maximum Gasteiger partial charge on any atom is 0.346 e. The molecule has 0 unspecified atom stereocenters. The molecule has 1 aliphatic rings. The summed E-state index contributed by atoms with van der Waals surface area (Å²) in [6, 6.07) is 66.0. The van der Waals surface area contributed by atoms with Gasteiger partial charge in [-0.2, -0.15) is 5.26 Å². The molecule has 1 aliphatic heterocycles. The molecule has 0 aliphatic carbocycles. The van der Waals surface area contributed by atoms with Gasteiger partial charge in [0, 0.05) is 53.6 Å². The molecule has 0 saturated carbocycles. The molecule has 1 N–H and O–H groups in total. The topological polar surface area (TPSA) is 86.0 Å². The van der Waals surface area contributed by atoms with Crippen LogP contribution >= 0.6 is 34.0 Å². The first-order valence-electron chi connectivity index (χ1n) is 27.2. The molecule has 0 fully saturated rings. The first-order chi connectivity index (χ1) is 38.4. The molecule has 0 radical (unpaired) electrons. The normalized spacial score (nSPS) is 12.2. The minimum atomic E-state index is -1.27. The van der Waals surface area contributed by atoms with Crippen LogP contribution in [0.4, 0.5) is 34.1 Å². The highest BCUT2D eigenvalue weighted by Gasteiger charge is 2.29. The minimum Gasteiger partial charge on any atom is -0.485 e. The number of benzene rings is 7. The van der Waals surface area contributed by atoms with Crippen molar-refractivity contribution in [1.82, 2.24) is 0 Å². The van der Waals surface area contributed by atoms with Gasteiger partial charge in [0.05, 0.1) is 9.75 Å². The second-order valence-corrected chi connectivity index (χ2v) is 23.0. The van der Waals surface area contributed by atoms with Gasteiger partial charge in [0.1, 0.15) is 24.9 Å². The van der Waals surface area contributed by atoms with Gasteiger partial charge < -0.3 is 24.4 Å². The quantitative estimate of drug-likeness (QED) is 0.0436. The molecule has 7 aromatic carbocycles. The van der Waals surface area contributed by atoms with E-state index < -0.39 is 5.97 Å². The van der Waals surface area contributed by atoms with Crippen LogP contribution in [0.3, 0.4) is 0 Å². The molecule has 78 heavy (non-hydrogen) atoms. The fraction of sp³-hybridized carbons (Fsp3) is 0.206. The molecular formula is C68H61N3O4S3. The largest absolute Gasteiger partial charge is 0.485 e. The van der Waals surface area contributed by atoms with E-state index in [0.29, 0.717) is 29.6 Å². The van der Waals surface area contributed by atoms with Crippen LogP contribution in [0.1, 0.15) is 81.2 Å². The Morgan fingerprint density at radius 1 is 0.513 bits per heavy atom. The van der Waals surface area contributed by atoms with Gasteiger partial charge >= 0.3 is 5.97 Å². The fourth-order valence-electron chi connectivity index (χ4n) is 10.6. The molecule has 7 nitrogen and oxygen atoms in total. The standard InChI is InChI=1S/C68H61N3O4S3/c1-3-5-7-11-25-50-41-61(66-51(26-12-8-6-4-2)42-62(78-66)67-64-63(74-35-36-75-64)60(76-67)43-53(45-69)68(72)73)77-65(50)52-39-58(70(54-27-13-9-14-28-54)56-33-31-46-21-17-19-23-48(46)37-56)44-59(40-52)71(55-29-15-10-16-30-55)57-34-32-47-22-18-20-24-49(47)38-57/h9-10,13-24,27-34,37-44H,3-8,11-12,25-26,35-36H2,1-2H3,(H,72,73)/b53-43-. The Bertz CT molecular complexity index is 3670. The summed E-state index contributed by atoms with van der Waals surface area (Å²) in [5.41, 5.74) is 9.80. The smallest absolute Gasteiger partial charge is 0.346 e. The Morgan fingerprint density at radius 3 is 1.53 bits per heavy atom. The SMILES string of the molecule is CCCCCCc1cc(-c2sc(-c3sc(/C=C(/C#N)C(=O)O)c4c3OCCO4)cc2CCCCCC)sc1-c1cc(N(c2ccccc2)c2ccc3ccccc3c2)cc(N(c2ccccc2)c2ccc3ccccc3c2)c1. The van der Waals surface area contributed by atoms with Crippen molar-refractivity contribution in [2.24, 2.45) is 0 Å². The molecule has 0 atom stereocenters. The Morgan fingerprint density at radius 2 is 1.00 bits per heavy atom. The second-order valence-electron chi connectivity index (χ2n) is 19.8. The number of aryl methyl sites for hydroxylation is 2. The number of anilines is 6. The Labute approximate surface area is 469 Å². The summed E-state index contributed by atoms with van der Waals surface area (Å²) in [6.07, 6.45) is 12.4. The number of rotatable bonds is 21. The van der Waals surface area contributed by atoms with Crippen molar-refractivity contribution in [3.05, 3.63) is 198 Å². The van der Waals surface area contributed by atoms with Crippen LogP contribution in [0.25, 0.3) is 57.6 Å². The minimum absolute atomic E-state index is 0.343. The van der Waals surface area contributed by atoms with Gasteiger partial charge in [-0.1, -0.05) is 149 Å². The predicted octanol–water partition coefficient (Wildman–Crippen LogP) is 20.1. The average molecular weight is 1080 g/mol. The Hall–Kier alpha value is -7.94. The van der Waals surface area contributed by atoms with E-state index in [1.54, 1.807) is 11.3 Å². The summed E-state index contributed by atoms with van der Waals surface area (Å²) >= 11 is 5.08. The highest BCUT2D eigenvalue weighted by Crippen LogP contribution is 2.55. The fourth-order valence-corrected chi connectivity index (χ4v) is 14.3. The van der Waals surface area contributed by atoms with Gasteiger partial charge in [-0.25, -0.2) is 4.79 Å². The van der Waals surface area contributed by atoms with Gasteiger partial charge in [-0.05, 0) is 149 Å². The van der Waals surface area contributed by atoms with Crippen molar-refractivity contribution in [3.8, 4) is 47.5 Å². The number of ether oxygens (including phenoxy) is 2. The van der Waals surface area contributed by atoms with Crippen LogP contribution < -0.4 is 19.3 Å². The summed E-state index contributed by atoms with van der Waals surface area (Å²) in [6.45, 7) is 5.25. The van der Waals surface area contributed by atoms with E-state index in [-0.39, 0.29) is 5.57 Å². The Balaban J connectivity index is 1.13. The molecule has 10 heteroatoms. The van der Waals surface area contributed by atoms with Crippen molar-refractivity contribution >= 4 is 102 Å². The van der Waals surface area contributed by atoms with Crippen LogP contribution in [0.15, 0.2) is 181 Å². The number of fused-ring (bicyclic) bond motifs is 3. The molecule has 3 aromatic heterocycles. The number of thiophene rings is 3. The first-order valence-corrected chi connectivity index (χ1v) is 29.7. The average Bonchev–Trinajstić information content (AvgIpc) is 4.22. The van der Waals surface area contributed by atoms with Crippen LogP contribution in [-0.2, 0) is 17.6 Å². The summed E-state index contributed by atoms with van der Waals surface area (Å²) in [4.78, 5) is 23.1. The van der Waals surface area contributed by atoms with Crippen LogP contribution in [0.2, 0.25) is 0 Å². The zero-order chi connectivity index (χ0) is 53.4. The number of unbranched alkanes of at least 4 members (excludes halogenated alkanes) is 6. The molecular weight excluding hydrogens is 1020 g/mol. The summed E-state index contributed by atoms with van der Waals surface area (Å²) in [7, 11) is 0. The maximum atomic E-state index is 12.1. The van der Waals surface area contributed by atoms with E-state index in [4.69, 9.17) is 9.47 Å². The van der Waals surface area contributed by atoms with E-state index in [1.807, 2.05) is 17.4 Å². The zero-order valence-electron chi connectivity index (χ0n) is 44.0. The van der Waals surface area contributed by atoms with E-state index >= 15 is 0 Å². The zero-order valence-corrected chi connectivity index (χ0v) is 46.5. The highest BCUT2D eigenvalue weighted by molar-refractivity contribution is 7.28. The van der Waals surface area contributed by atoms with E-state index in [9.17, 15) is 15.2 Å². The van der Waals surface area contributed by atoms with Crippen LogP contribution in [-0.4, -0.2) is 24.3 Å². The monoisotopic (exact) mass is 1080 g/mol. The number of aliphatic carboxylic acids is 1. The number of hydrogen-bond donors (Lipinski definition) is 1. The van der Waals surface area contributed by atoms with Gasteiger partial charge in [0.15, 0.2) is 11.5 Å². The molecule has 10 aromatic rings. The molecule has 0 saturated heterocycles. The lowest BCUT2D eigenvalue weighted by Crippen LogP contribution is -2.14. The number of nitrogens with zero attached hydrogens (tertiary/aromatic N) is 3. The van der Waals surface area contributed by atoms with Crippen molar-refractivity contribution in [3.63, 3.8) is 0 Å². The summed E-state index contributed by atoms with van der Waals surface area (Å²) < 4.78 is 12.5. The van der Waals surface area contributed by atoms with E-state index in [0.717, 1.165) is 101 Å². The van der Waals surface area contributed by atoms with Gasteiger partial charge in [0.2, 0.25) is 0 Å². The summed E-state index contributed by atoms with van der Waals surface area (Å²) in [5.74, 6) is -0.160. The highest BCUT2D eigenvalue weighted by atomic mass is 32.1. The van der Waals surface area contributed by atoms with Gasteiger partial charge in [-0.15, -0.1) is 34.0 Å². The molecule has 0 bridgehead atoms. The third-order valence-corrected chi connectivity index (χ3v) is 18.3. The first kappa shape index (κ1) is 52.1. The third-order valence-electron chi connectivity index (χ3n) is 14.4. The Kier molecular flexibility index (Phi) is 16.1. The lowest BCUT2D eigenvalue weighted by Gasteiger charge is -2.30.